The Bertz CT molecular complexity index is 825. The summed E-state index contributed by atoms with van der Waals surface area (Å²) >= 11 is 7.10. The van der Waals surface area contributed by atoms with Gasteiger partial charge in [-0.25, -0.2) is 13.2 Å². The van der Waals surface area contributed by atoms with E-state index >= 15 is 0 Å². The molecule has 5 nitrogen and oxygen atoms in total. The molecule has 0 aliphatic carbocycles. The highest BCUT2D eigenvalue weighted by molar-refractivity contribution is 9.11. The molecule has 20 heavy (non-hydrogen) atoms. The van der Waals surface area contributed by atoms with Crippen molar-refractivity contribution in [2.45, 2.75) is 11.2 Å². The molecule has 2 heterocycles. The van der Waals surface area contributed by atoms with Crippen molar-refractivity contribution in [2.24, 2.45) is 5.92 Å². The molecule has 1 aliphatic rings. The van der Waals surface area contributed by atoms with Crippen molar-refractivity contribution in [1.82, 2.24) is 9.97 Å². The van der Waals surface area contributed by atoms with E-state index in [9.17, 15) is 13.2 Å². The summed E-state index contributed by atoms with van der Waals surface area (Å²) in [6.07, 6.45) is 0.659. The zero-order valence-corrected chi connectivity index (χ0v) is 14.3. The molecule has 108 valence electrons. The van der Waals surface area contributed by atoms with Gasteiger partial charge in [-0.05, 0) is 30.0 Å². The lowest BCUT2D eigenvalue weighted by molar-refractivity contribution is 0.579. The van der Waals surface area contributed by atoms with Crippen LogP contribution in [-0.2, 0) is 9.84 Å². The van der Waals surface area contributed by atoms with Gasteiger partial charge in [0.05, 0.1) is 22.5 Å². The molecule has 2 aromatic rings. The number of nitrogens with one attached hydrogen (secondary N) is 2. The fourth-order valence-electron chi connectivity index (χ4n) is 2.59. The van der Waals surface area contributed by atoms with Crippen molar-refractivity contribution in [3.63, 3.8) is 0 Å². The third-order valence-electron chi connectivity index (χ3n) is 3.61. The maximum Gasteiger partial charge on any atom is 0.323 e. The van der Waals surface area contributed by atoms with Gasteiger partial charge in [0, 0.05) is 9.30 Å². The number of fused-ring (bicyclic) bond motifs is 1. The summed E-state index contributed by atoms with van der Waals surface area (Å²) in [5.74, 6) is 0.511. The lowest BCUT2D eigenvalue weighted by Gasteiger charge is -2.18. The summed E-state index contributed by atoms with van der Waals surface area (Å²) < 4.78 is 24.0. The van der Waals surface area contributed by atoms with Gasteiger partial charge in [-0.1, -0.05) is 31.9 Å². The van der Waals surface area contributed by atoms with E-state index in [1.807, 2.05) is 12.1 Å². The van der Waals surface area contributed by atoms with Crippen LogP contribution in [0.25, 0.3) is 11.0 Å². The minimum atomic E-state index is -2.91. The summed E-state index contributed by atoms with van der Waals surface area (Å²) in [6, 6.07) is 3.71. The molecule has 2 N–H and O–H groups in total. The Balaban J connectivity index is 2.01. The molecule has 0 radical (unpaired) electrons. The molecule has 0 saturated carbocycles. The SMILES string of the molecule is O=c1[nH]c2cc(Br)c(C(Br)C3CCS(=O)(=O)C3)cc2[nH]1. The van der Waals surface area contributed by atoms with Crippen molar-refractivity contribution >= 4 is 52.7 Å². The summed E-state index contributed by atoms with van der Waals surface area (Å²) in [7, 11) is -2.91. The van der Waals surface area contributed by atoms with E-state index in [0.29, 0.717) is 6.42 Å². The number of hydrogen-bond donors (Lipinski definition) is 2. The molecule has 8 heteroatoms. The Morgan fingerprint density at radius 1 is 1.25 bits per heavy atom. The molecule has 1 fully saturated rings. The quantitative estimate of drug-likeness (QED) is 0.728. The molecule has 0 spiro atoms. The van der Waals surface area contributed by atoms with Gasteiger partial charge in [0.2, 0.25) is 0 Å². The Labute approximate surface area is 132 Å². The number of hydrogen-bond acceptors (Lipinski definition) is 3. The van der Waals surface area contributed by atoms with Crippen LogP contribution in [0.4, 0.5) is 0 Å². The molecule has 1 aliphatic heterocycles. The van der Waals surface area contributed by atoms with E-state index in [4.69, 9.17) is 0 Å². The number of rotatable bonds is 2. The predicted molar refractivity (Wildman–Crippen MR) is 85.0 cm³/mol. The molecule has 2 unspecified atom stereocenters. The predicted octanol–water partition coefficient (Wildman–Crippen LogP) is 2.49. The van der Waals surface area contributed by atoms with Gasteiger partial charge in [-0.15, -0.1) is 0 Å². The van der Waals surface area contributed by atoms with E-state index in [1.54, 1.807) is 0 Å². The van der Waals surface area contributed by atoms with Gasteiger partial charge in [0.25, 0.3) is 0 Å². The normalized spacial score (nSPS) is 23.2. The molecule has 1 saturated heterocycles. The first-order valence-corrected chi connectivity index (χ1v) is 9.65. The van der Waals surface area contributed by atoms with Crippen molar-refractivity contribution in [2.75, 3.05) is 11.5 Å². The first-order chi connectivity index (χ1) is 9.35. The van der Waals surface area contributed by atoms with Crippen LogP contribution in [0.15, 0.2) is 21.4 Å². The Kier molecular flexibility index (Phi) is 3.58. The Morgan fingerprint density at radius 3 is 2.50 bits per heavy atom. The summed E-state index contributed by atoms with van der Waals surface area (Å²) in [5.41, 5.74) is 2.15. The second kappa shape index (κ2) is 4.99. The van der Waals surface area contributed by atoms with Gasteiger partial charge >= 0.3 is 5.69 Å². The summed E-state index contributed by atoms with van der Waals surface area (Å²) in [4.78, 5) is 16.7. The van der Waals surface area contributed by atoms with Crippen LogP contribution in [-0.4, -0.2) is 29.9 Å². The van der Waals surface area contributed by atoms with Crippen LogP contribution < -0.4 is 5.69 Å². The van der Waals surface area contributed by atoms with Crippen LogP contribution in [0.1, 0.15) is 16.8 Å². The number of benzene rings is 1. The van der Waals surface area contributed by atoms with E-state index in [1.165, 1.54) is 0 Å². The third-order valence-corrected chi connectivity index (χ3v) is 7.33. The van der Waals surface area contributed by atoms with Crippen molar-refractivity contribution < 1.29 is 8.42 Å². The average molecular weight is 424 g/mol. The van der Waals surface area contributed by atoms with Crippen LogP contribution in [0.5, 0.6) is 0 Å². The first kappa shape index (κ1) is 14.3. The highest BCUT2D eigenvalue weighted by Crippen LogP contribution is 2.41. The highest BCUT2D eigenvalue weighted by Gasteiger charge is 2.34. The second-order valence-electron chi connectivity index (χ2n) is 5.06. The minimum absolute atomic E-state index is 0.0550. The zero-order valence-electron chi connectivity index (χ0n) is 10.3. The molecular formula is C12H12Br2N2O3S. The average Bonchev–Trinajstić information content (AvgIpc) is 2.88. The molecular weight excluding hydrogens is 412 g/mol. The van der Waals surface area contributed by atoms with Crippen molar-refractivity contribution in [3.05, 3.63) is 32.7 Å². The van der Waals surface area contributed by atoms with Crippen LogP contribution in [0.2, 0.25) is 0 Å². The molecule has 0 bridgehead atoms. The van der Waals surface area contributed by atoms with Crippen LogP contribution in [0, 0.1) is 5.92 Å². The van der Waals surface area contributed by atoms with Crippen LogP contribution >= 0.6 is 31.9 Å². The molecule has 1 aromatic heterocycles. The Morgan fingerprint density at radius 2 is 1.90 bits per heavy atom. The van der Waals surface area contributed by atoms with Gasteiger partial charge in [-0.2, -0.15) is 0 Å². The van der Waals surface area contributed by atoms with Crippen molar-refractivity contribution in [3.8, 4) is 0 Å². The lowest BCUT2D eigenvalue weighted by Crippen LogP contribution is -2.10. The highest BCUT2D eigenvalue weighted by atomic mass is 79.9. The van der Waals surface area contributed by atoms with Gasteiger partial charge in [0.15, 0.2) is 9.84 Å². The number of sulfone groups is 1. The van der Waals surface area contributed by atoms with Gasteiger partial charge in [0.1, 0.15) is 0 Å². The summed E-state index contributed by atoms with van der Waals surface area (Å²) in [5, 5.41) is 0. The smallest absolute Gasteiger partial charge is 0.306 e. The van der Waals surface area contributed by atoms with Crippen molar-refractivity contribution in [1.29, 1.82) is 0 Å². The number of aromatic nitrogens is 2. The number of H-pyrrole nitrogens is 2. The fraction of sp³-hybridized carbons (Fsp3) is 0.417. The zero-order chi connectivity index (χ0) is 14.5. The fourth-order valence-corrected chi connectivity index (χ4v) is 6.41. The summed E-state index contributed by atoms with van der Waals surface area (Å²) in [6.45, 7) is 0. The van der Waals surface area contributed by atoms with Gasteiger partial charge < -0.3 is 9.97 Å². The third kappa shape index (κ3) is 2.60. The monoisotopic (exact) mass is 422 g/mol. The van der Waals surface area contributed by atoms with Gasteiger partial charge in [-0.3, -0.25) is 0 Å². The number of aromatic amines is 2. The van der Waals surface area contributed by atoms with E-state index in [2.05, 4.69) is 41.8 Å². The van der Waals surface area contributed by atoms with E-state index < -0.39 is 9.84 Å². The number of alkyl halides is 1. The molecule has 1 aromatic carbocycles. The standard InChI is InChI=1S/C12H12Br2N2O3S/c13-8-4-10-9(15-12(17)16-10)3-7(8)11(14)6-1-2-20(18,19)5-6/h3-4,6,11H,1-2,5H2,(H2,15,16,17). The first-order valence-electron chi connectivity index (χ1n) is 6.12. The Hall–Kier alpha value is -0.600. The number of halogens is 2. The van der Waals surface area contributed by atoms with E-state index in [0.717, 1.165) is 21.1 Å². The van der Waals surface area contributed by atoms with Crippen LogP contribution in [0.3, 0.4) is 0 Å². The molecule has 0 amide bonds. The maximum atomic E-state index is 11.6. The van der Waals surface area contributed by atoms with E-state index in [-0.39, 0.29) is 27.9 Å². The number of imidazole rings is 1. The largest absolute Gasteiger partial charge is 0.323 e. The molecule has 3 rings (SSSR count). The lowest BCUT2D eigenvalue weighted by atomic mass is 9.98. The topological polar surface area (TPSA) is 82.8 Å². The second-order valence-corrected chi connectivity index (χ2v) is 9.13. The maximum absolute atomic E-state index is 11.6. The molecule has 2 atom stereocenters. The minimum Gasteiger partial charge on any atom is -0.306 e.